The number of carbonyl (C=O) groups excluding carboxylic acids is 1. The summed E-state index contributed by atoms with van der Waals surface area (Å²) in [6.07, 6.45) is 0.385. The highest BCUT2D eigenvalue weighted by atomic mass is 16.6. The van der Waals surface area contributed by atoms with Crippen molar-refractivity contribution < 1.29 is 19.0 Å². The average molecular weight is 322 g/mol. The van der Waals surface area contributed by atoms with Gasteiger partial charge in [0.25, 0.3) is 0 Å². The van der Waals surface area contributed by atoms with E-state index in [0.29, 0.717) is 23.1 Å². The molecule has 1 amide bonds. The molecule has 0 spiro atoms. The summed E-state index contributed by atoms with van der Waals surface area (Å²) in [4.78, 5) is 12.1. The molecule has 2 rings (SSSR count). The Labute approximate surface area is 137 Å². The molecular weight excluding hydrogens is 296 g/mol. The highest BCUT2D eigenvalue weighted by Crippen LogP contribution is 2.35. The summed E-state index contributed by atoms with van der Waals surface area (Å²) in [5.41, 5.74) is 1.17. The maximum atomic E-state index is 12.1. The molecular formula is C17H26N2O4. The first-order chi connectivity index (χ1) is 10.8. The van der Waals surface area contributed by atoms with Crippen LogP contribution in [0.4, 0.5) is 10.5 Å². The Morgan fingerprint density at radius 1 is 1.22 bits per heavy atom. The van der Waals surface area contributed by atoms with Crippen LogP contribution in [0, 0.1) is 5.92 Å². The van der Waals surface area contributed by atoms with E-state index in [-0.39, 0.29) is 0 Å². The van der Waals surface area contributed by atoms with Crippen LogP contribution < -0.4 is 20.1 Å². The van der Waals surface area contributed by atoms with Crippen molar-refractivity contribution in [1.29, 1.82) is 0 Å². The van der Waals surface area contributed by atoms with Gasteiger partial charge in [0.05, 0.1) is 19.9 Å². The van der Waals surface area contributed by atoms with Gasteiger partial charge in [0, 0.05) is 6.07 Å². The van der Waals surface area contributed by atoms with Crippen molar-refractivity contribution in [1.82, 2.24) is 5.32 Å². The number of benzene rings is 1. The molecule has 1 saturated heterocycles. The summed E-state index contributed by atoms with van der Waals surface area (Å²) in [6, 6.07) is 3.70. The fraction of sp³-hybridized carbons (Fsp3) is 0.588. The molecule has 1 aliphatic rings. The summed E-state index contributed by atoms with van der Waals surface area (Å²) in [6.45, 7) is 7.48. The molecule has 0 aliphatic carbocycles. The van der Waals surface area contributed by atoms with E-state index >= 15 is 0 Å². The molecule has 1 aromatic carbocycles. The molecule has 2 N–H and O–H groups in total. The third kappa shape index (κ3) is 4.76. The van der Waals surface area contributed by atoms with Gasteiger partial charge in [-0.1, -0.05) is 0 Å². The zero-order valence-electron chi connectivity index (χ0n) is 14.5. The van der Waals surface area contributed by atoms with Crippen LogP contribution in [0.15, 0.2) is 12.1 Å². The SMILES string of the molecule is COc1cc(CC2CNC2)c(NC(=O)OC(C)(C)C)cc1OC. The third-order valence-electron chi connectivity index (χ3n) is 3.62. The van der Waals surface area contributed by atoms with Crippen molar-refractivity contribution in [2.75, 3.05) is 32.6 Å². The van der Waals surface area contributed by atoms with Gasteiger partial charge in [-0.25, -0.2) is 4.79 Å². The van der Waals surface area contributed by atoms with E-state index in [0.717, 1.165) is 25.1 Å². The van der Waals surface area contributed by atoms with Gasteiger partial charge in [0.2, 0.25) is 0 Å². The Bertz CT molecular complexity index is 562. The van der Waals surface area contributed by atoms with E-state index in [1.165, 1.54) is 0 Å². The molecule has 6 nitrogen and oxygen atoms in total. The van der Waals surface area contributed by atoms with E-state index in [1.54, 1.807) is 20.3 Å². The van der Waals surface area contributed by atoms with Crippen LogP contribution in [0.1, 0.15) is 26.3 Å². The number of anilines is 1. The lowest BCUT2D eigenvalue weighted by Gasteiger charge is -2.28. The zero-order chi connectivity index (χ0) is 17.0. The van der Waals surface area contributed by atoms with Gasteiger partial charge in [0.15, 0.2) is 11.5 Å². The number of ether oxygens (including phenoxy) is 3. The van der Waals surface area contributed by atoms with Crippen LogP contribution in [0.5, 0.6) is 11.5 Å². The topological polar surface area (TPSA) is 68.8 Å². The Hall–Kier alpha value is -1.95. The van der Waals surface area contributed by atoms with Crippen LogP contribution in [-0.4, -0.2) is 39.0 Å². The molecule has 23 heavy (non-hydrogen) atoms. The number of rotatable bonds is 5. The number of hydrogen-bond acceptors (Lipinski definition) is 5. The summed E-state index contributed by atoms with van der Waals surface area (Å²) < 4.78 is 16.0. The van der Waals surface area contributed by atoms with Crippen LogP contribution >= 0.6 is 0 Å². The molecule has 6 heteroatoms. The number of nitrogens with one attached hydrogen (secondary N) is 2. The lowest BCUT2D eigenvalue weighted by Crippen LogP contribution is -2.43. The monoisotopic (exact) mass is 322 g/mol. The van der Waals surface area contributed by atoms with Crippen molar-refractivity contribution >= 4 is 11.8 Å². The van der Waals surface area contributed by atoms with Crippen molar-refractivity contribution in [3.05, 3.63) is 17.7 Å². The summed E-state index contributed by atoms with van der Waals surface area (Å²) in [5.74, 6) is 1.80. The minimum absolute atomic E-state index is 0.474. The second-order valence-corrected chi connectivity index (χ2v) is 6.72. The molecule has 1 fully saturated rings. The lowest BCUT2D eigenvalue weighted by molar-refractivity contribution is 0.0635. The summed E-state index contributed by atoms with van der Waals surface area (Å²) >= 11 is 0. The minimum Gasteiger partial charge on any atom is -0.493 e. The lowest BCUT2D eigenvalue weighted by atomic mass is 9.93. The van der Waals surface area contributed by atoms with Gasteiger partial charge in [-0.3, -0.25) is 5.32 Å². The molecule has 1 heterocycles. The molecule has 0 saturated carbocycles. The Kier molecular flexibility index (Phi) is 5.36. The Balaban J connectivity index is 2.24. The first-order valence-corrected chi connectivity index (χ1v) is 7.78. The van der Waals surface area contributed by atoms with Crippen molar-refractivity contribution in [3.8, 4) is 11.5 Å². The second kappa shape index (κ2) is 7.08. The predicted octanol–water partition coefficient (Wildman–Crippen LogP) is 2.81. The molecule has 1 aromatic rings. The zero-order valence-corrected chi connectivity index (χ0v) is 14.5. The molecule has 1 aliphatic heterocycles. The van der Waals surface area contributed by atoms with Gasteiger partial charge < -0.3 is 19.5 Å². The Morgan fingerprint density at radius 3 is 2.30 bits per heavy atom. The fourth-order valence-corrected chi connectivity index (χ4v) is 2.42. The van der Waals surface area contributed by atoms with E-state index in [2.05, 4.69) is 10.6 Å². The normalized spacial score (nSPS) is 14.8. The standard InChI is InChI=1S/C17H26N2O4/c1-17(2,3)23-16(20)19-13-8-15(22-5)14(21-4)7-12(13)6-11-9-18-10-11/h7-8,11,18H,6,9-10H2,1-5H3,(H,19,20). The van der Waals surface area contributed by atoms with Crippen molar-refractivity contribution in [2.45, 2.75) is 32.8 Å². The van der Waals surface area contributed by atoms with Gasteiger partial charge in [-0.2, -0.15) is 0 Å². The maximum Gasteiger partial charge on any atom is 0.412 e. The number of hydrogen-bond donors (Lipinski definition) is 2. The van der Waals surface area contributed by atoms with E-state index in [9.17, 15) is 4.79 Å². The summed E-state index contributed by atoms with van der Waals surface area (Å²) in [5, 5.41) is 6.09. The smallest absolute Gasteiger partial charge is 0.412 e. The second-order valence-electron chi connectivity index (χ2n) is 6.72. The molecule has 128 valence electrons. The highest BCUT2D eigenvalue weighted by Gasteiger charge is 2.22. The molecule has 0 bridgehead atoms. The molecule has 0 unspecified atom stereocenters. The average Bonchev–Trinajstić information content (AvgIpc) is 2.41. The first kappa shape index (κ1) is 17.4. The first-order valence-electron chi connectivity index (χ1n) is 7.78. The van der Waals surface area contributed by atoms with Crippen molar-refractivity contribution in [3.63, 3.8) is 0 Å². The van der Waals surface area contributed by atoms with Gasteiger partial charge in [-0.05, 0) is 57.8 Å². The third-order valence-corrected chi connectivity index (χ3v) is 3.62. The van der Waals surface area contributed by atoms with Gasteiger partial charge in [-0.15, -0.1) is 0 Å². The fourth-order valence-electron chi connectivity index (χ4n) is 2.42. The van der Waals surface area contributed by atoms with Crippen molar-refractivity contribution in [2.24, 2.45) is 5.92 Å². The summed E-state index contributed by atoms with van der Waals surface area (Å²) in [7, 11) is 3.18. The largest absolute Gasteiger partial charge is 0.493 e. The van der Waals surface area contributed by atoms with Gasteiger partial charge in [0.1, 0.15) is 5.60 Å². The number of carbonyl (C=O) groups is 1. The van der Waals surface area contributed by atoms with E-state index in [1.807, 2.05) is 26.8 Å². The predicted molar refractivity (Wildman–Crippen MR) is 89.5 cm³/mol. The quantitative estimate of drug-likeness (QED) is 0.872. The number of amides is 1. The molecule has 0 aromatic heterocycles. The maximum absolute atomic E-state index is 12.1. The molecule has 0 atom stereocenters. The van der Waals surface area contributed by atoms with Crippen LogP contribution in [0.25, 0.3) is 0 Å². The number of methoxy groups -OCH3 is 2. The van der Waals surface area contributed by atoms with Crippen LogP contribution in [0.2, 0.25) is 0 Å². The van der Waals surface area contributed by atoms with E-state index in [4.69, 9.17) is 14.2 Å². The van der Waals surface area contributed by atoms with E-state index < -0.39 is 11.7 Å². The van der Waals surface area contributed by atoms with Crippen LogP contribution in [-0.2, 0) is 11.2 Å². The Morgan fingerprint density at radius 2 is 1.83 bits per heavy atom. The van der Waals surface area contributed by atoms with Gasteiger partial charge >= 0.3 is 6.09 Å². The molecule has 0 radical (unpaired) electrons. The van der Waals surface area contributed by atoms with Crippen LogP contribution in [0.3, 0.4) is 0 Å². The minimum atomic E-state index is -0.543. The highest BCUT2D eigenvalue weighted by molar-refractivity contribution is 5.86.